The Bertz CT molecular complexity index is 780. The lowest BCUT2D eigenvalue weighted by Crippen LogP contribution is -2.48. The number of hydrogen-bond acceptors (Lipinski definition) is 6. The molecule has 7 nitrogen and oxygen atoms in total. The Morgan fingerprint density at radius 3 is 2.64 bits per heavy atom. The number of aromatic nitrogens is 2. The Labute approximate surface area is 165 Å². The van der Waals surface area contributed by atoms with E-state index in [2.05, 4.69) is 20.2 Å². The Hall–Kier alpha value is -2.96. The highest BCUT2D eigenvalue weighted by Crippen LogP contribution is 2.16. The number of piperidine rings is 1. The average Bonchev–Trinajstić information content (AvgIpc) is 2.74. The Morgan fingerprint density at radius 1 is 1.18 bits per heavy atom. The monoisotopic (exact) mass is 382 g/mol. The number of nitrogens with one attached hydrogen (secondary N) is 1. The SMILES string of the molecule is CCOc1ccc(C(=O)CCC(=O)N[C@@H]2CCCN(c3ncccn3)C2)cc1. The lowest BCUT2D eigenvalue weighted by Gasteiger charge is -2.33. The standard InChI is InChI=1S/C21H26N4O3/c1-2-28-18-8-6-16(7-9-18)19(26)10-11-20(27)24-17-5-3-14-25(15-17)21-22-12-4-13-23-21/h4,6-9,12-13,17H,2-3,5,10-11,14-15H2,1H3,(H,24,27)/t17-/m1/s1. The number of ketones is 1. The third-order valence-electron chi connectivity index (χ3n) is 4.69. The highest BCUT2D eigenvalue weighted by molar-refractivity contribution is 5.98. The summed E-state index contributed by atoms with van der Waals surface area (Å²) in [5, 5.41) is 3.04. The number of rotatable bonds is 8. The second-order valence-corrected chi connectivity index (χ2v) is 6.78. The molecule has 1 fully saturated rings. The van der Waals surface area contributed by atoms with E-state index in [1.807, 2.05) is 6.92 Å². The lowest BCUT2D eigenvalue weighted by molar-refractivity contribution is -0.121. The van der Waals surface area contributed by atoms with Crippen molar-refractivity contribution in [2.75, 3.05) is 24.6 Å². The predicted octanol–water partition coefficient (Wildman–Crippen LogP) is 2.62. The number of ether oxygens (including phenoxy) is 1. The zero-order valence-corrected chi connectivity index (χ0v) is 16.1. The molecule has 1 aliphatic rings. The Kier molecular flexibility index (Phi) is 6.94. The maximum absolute atomic E-state index is 12.3. The van der Waals surface area contributed by atoms with E-state index in [0.717, 1.165) is 25.1 Å². The van der Waals surface area contributed by atoms with Crippen molar-refractivity contribution in [3.05, 3.63) is 48.3 Å². The molecule has 1 atom stereocenters. The number of carbonyl (C=O) groups is 2. The van der Waals surface area contributed by atoms with E-state index in [1.54, 1.807) is 42.7 Å². The number of amides is 1. The van der Waals surface area contributed by atoms with Gasteiger partial charge in [-0.3, -0.25) is 9.59 Å². The van der Waals surface area contributed by atoms with Gasteiger partial charge >= 0.3 is 0 Å². The van der Waals surface area contributed by atoms with Crippen LogP contribution in [0.5, 0.6) is 5.75 Å². The largest absolute Gasteiger partial charge is 0.494 e. The van der Waals surface area contributed by atoms with Crippen LogP contribution in [0.3, 0.4) is 0 Å². The molecule has 1 aromatic carbocycles. The van der Waals surface area contributed by atoms with Gasteiger partial charge in [0.05, 0.1) is 6.61 Å². The maximum Gasteiger partial charge on any atom is 0.225 e. The number of hydrogen-bond donors (Lipinski definition) is 1. The second-order valence-electron chi connectivity index (χ2n) is 6.78. The van der Waals surface area contributed by atoms with Gasteiger partial charge in [-0.05, 0) is 50.1 Å². The second kappa shape index (κ2) is 9.82. The summed E-state index contributed by atoms with van der Waals surface area (Å²) in [5.41, 5.74) is 0.598. The van der Waals surface area contributed by atoms with Crippen molar-refractivity contribution in [1.82, 2.24) is 15.3 Å². The number of carbonyl (C=O) groups excluding carboxylic acids is 2. The minimum Gasteiger partial charge on any atom is -0.494 e. The van der Waals surface area contributed by atoms with Gasteiger partial charge in [0.15, 0.2) is 5.78 Å². The van der Waals surface area contributed by atoms with Gasteiger partial charge in [-0.25, -0.2) is 9.97 Å². The van der Waals surface area contributed by atoms with Crippen LogP contribution >= 0.6 is 0 Å². The molecule has 3 rings (SSSR count). The molecular weight excluding hydrogens is 356 g/mol. The van der Waals surface area contributed by atoms with Gasteiger partial charge < -0.3 is 15.0 Å². The number of nitrogens with zero attached hydrogens (tertiary/aromatic N) is 3. The first-order valence-corrected chi connectivity index (χ1v) is 9.73. The maximum atomic E-state index is 12.3. The van der Waals surface area contributed by atoms with Crippen molar-refractivity contribution in [2.45, 2.75) is 38.6 Å². The molecule has 7 heteroatoms. The van der Waals surface area contributed by atoms with Gasteiger partial charge in [0.1, 0.15) is 5.75 Å². The molecule has 1 aromatic heterocycles. The van der Waals surface area contributed by atoms with E-state index in [-0.39, 0.29) is 30.6 Å². The minimum atomic E-state index is -0.0971. The van der Waals surface area contributed by atoms with Gasteiger partial charge in [-0.1, -0.05) is 0 Å². The van der Waals surface area contributed by atoms with E-state index < -0.39 is 0 Å². The summed E-state index contributed by atoms with van der Waals surface area (Å²) in [4.78, 5) is 35.2. The van der Waals surface area contributed by atoms with Crippen LogP contribution in [-0.2, 0) is 4.79 Å². The van der Waals surface area contributed by atoms with Gasteiger partial charge in [-0.15, -0.1) is 0 Å². The summed E-state index contributed by atoms with van der Waals surface area (Å²) in [5.74, 6) is 1.29. The molecule has 1 N–H and O–H groups in total. The molecule has 0 spiro atoms. The first kappa shape index (κ1) is 19.8. The van der Waals surface area contributed by atoms with Crippen LogP contribution in [0.25, 0.3) is 0 Å². The molecule has 0 saturated carbocycles. The van der Waals surface area contributed by atoms with E-state index in [9.17, 15) is 9.59 Å². The molecule has 2 aromatic rings. The summed E-state index contributed by atoms with van der Waals surface area (Å²) in [6.45, 7) is 4.06. The minimum absolute atomic E-state index is 0.0406. The predicted molar refractivity (Wildman–Crippen MR) is 107 cm³/mol. The molecule has 1 saturated heterocycles. The van der Waals surface area contributed by atoms with Gasteiger partial charge in [-0.2, -0.15) is 0 Å². The summed E-state index contributed by atoms with van der Waals surface area (Å²) in [6.07, 6.45) is 5.70. The molecule has 148 valence electrons. The molecule has 1 amide bonds. The van der Waals surface area contributed by atoms with Crippen molar-refractivity contribution in [3.8, 4) is 5.75 Å². The van der Waals surface area contributed by atoms with Crippen LogP contribution in [0.2, 0.25) is 0 Å². The molecule has 0 radical (unpaired) electrons. The molecule has 28 heavy (non-hydrogen) atoms. The zero-order chi connectivity index (χ0) is 19.8. The summed E-state index contributed by atoms with van der Waals surface area (Å²) < 4.78 is 5.38. The third kappa shape index (κ3) is 5.52. The highest BCUT2D eigenvalue weighted by Gasteiger charge is 2.23. The van der Waals surface area contributed by atoms with Crippen LogP contribution in [-0.4, -0.2) is 47.4 Å². The first-order chi connectivity index (χ1) is 13.7. The third-order valence-corrected chi connectivity index (χ3v) is 4.69. The van der Waals surface area contributed by atoms with Crippen LogP contribution in [0.15, 0.2) is 42.7 Å². The van der Waals surface area contributed by atoms with Gasteiger partial charge in [0, 0.05) is 49.9 Å². The van der Waals surface area contributed by atoms with Crippen molar-refractivity contribution < 1.29 is 14.3 Å². The van der Waals surface area contributed by atoms with Gasteiger partial charge in [0.25, 0.3) is 0 Å². The van der Waals surface area contributed by atoms with Crippen molar-refractivity contribution in [2.24, 2.45) is 0 Å². The summed E-state index contributed by atoms with van der Waals surface area (Å²) >= 11 is 0. The molecule has 2 heterocycles. The van der Waals surface area contributed by atoms with E-state index in [1.165, 1.54) is 0 Å². The zero-order valence-electron chi connectivity index (χ0n) is 16.1. The van der Waals surface area contributed by atoms with E-state index in [4.69, 9.17) is 4.74 Å². The molecule has 0 bridgehead atoms. The number of Topliss-reactive ketones (excluding diaryl/α,β-unsaturated/α-hetero) is 1. The fourth-order valence-electron chi connectivity index (χ4n) is 3.31. The normalized spacial score (nSPS) is 16.5. The fourth-order valence-corrected chi connectivity index (χ4v) is 3.31. The van der Waals surface area contributed by atoms with Crippen LogP contribution in [0.4, 0.5) is 5.95 Å². The van der Waals surface area contributed by atoms with Crippen LogP contribution in [0.1, 0.15) is 43.0 Å². The van der Waals surface area contributed by atoms with Crippen molar-refractivity contribution in [3.63, 3.8) is 0 Å². The fraction of sp³-hybridized carbons (Fsp3) is 0.429. The molecule has 0 unspecified atom stereocenters. The molecule has 1 aliphatic heterocycles. The average molecular weight is 382 g/mol. The van der Waals surface area contributed by atoms with Crippen LogP contribution < -0.4 is 15.0 Å². The summed E-state index contributed by atoms with van der Waals surface area (Å²) in [6, 6.07) is 8.87. The van der Waals surface area contributed by atoms with Gasteiger partial charge in [0.2, 0.25) is 11.9 Å². The summed E-state index contributed by atoms with van der Waals surface area (Å²) in [7, 11) is 0. The molecular formula is C21H26N4O3. The lowest BCUT2D eigenvalue weighted by atomic mass is 10.0. The van der Waals surface area contributed by atoms with Crippen LogP contribution in [0, 0.1) is 0 Å². The highest BCUT2D eigenvalue weighted by atomic mass is 16.5. The van der Waals surface area contributed by atoms with E-state index in [0.29, 0.717) is 24.7 Å². The number of benzene rings is 1. The smallest absolute Gasteiger partial charge is 0.225 e. The molecule has 0 aliphatic carbocycles. The van der Waals surface area contributed by atoms with Crippen molar-refractivity contribution in [1.29, 1.82) is 0 Å². The Morgan fingerprint density at radius 2 is 1.93 bits per heavy atom. The first-order valence-electron chi connectivity index (χ1n) is 9.73. The van der Waals surface area contributed by atoms with Crippen molar-refractivity contribution >= 4 is 17.6 Å². The topological polar surface area (TPSA) is 84.4 Å². The number of anilines is 1. The quantitative estimate of drug-likeness (QED) is 0.707. The van der Waals surface area contributed by atoms with E-state index >= 15 is 0 Å². The Balaban J connectivity index is 1.45.